The lowest BCUT2D eigenvalue weighted by atomic mass is 10.0. The molecule has 0 radical (unpaired) electrons. The molecule has 1 fully saturated rings. The van der Waals surface area contributed by atoms with E-state index in [2.05, 4.69) is 39.1 Å². The summed E-state index contributed by atoms with van der Waals surface area (Å²) in [7, 11) is 0. The zero-order valence-corrected chi connectivity index (χ0v) is 11.0. The summed E-state index contributed by atoms with van der Waals surface area (Å²) < 4.78 is 3.07. The highest BCUT2D eigenvalue weighted by Crippen LogP contribution is 2.36. The number of imidazole rings is 1. The van der Waals surface area contributed by atoms with Gasteiger partial charge in [0.1, 0.15) is 0 Å². The van der Waals surface area contributed by atoms with Gasteiger partial charge in [-0.3, -0.25) is 0 Å². The van der Waals surface area contributed by atoms with Gasteiger partial charge in [0, 0.05) is 22.4 Å². The van der Waals surface area contributed by atoms with Gasteiger partial charge >= 0.3 is 0 Å². The van der Waals surface area contributed by atoms with Gasteiger partial charge in [0.05, 0.1) is 12.0 Å². The Morgan fingerprint density at radius 3 is 2.82 bits per heavy atom. The maximum absolute atomic E-state index is 6.13. The molecule has 4 heteroatoms. The molecule has 17 heavy (non-hydrogen) atoms. The molecule has 1 aliphatic carbocycles. The van der Waals surface area contributed by atoms with Crippen molar-refractivity contribution in [2.75, 3.05) is 0 Å². The van der Waals surface area contributed by atoms with Crippen LogP contribution in [-0.4, -0.2) is 15.1 Å². The highest BCUT2D eigenvalue weighted by molar-refractivity contribution is 9.10. The van der Waals surface area contributed by atoms with Gasteiger partial charge < -0.3 is 10.3 Å². The van der Waals surface area contributed by atoms with Gasteiger partial charge in [-0.2, -0.15) is 0 Å². The van der Waals surface area contributed by atoms with E-state index in [0.717, 1.165) is 29.4 Å². The van der Waals surface area contributed by atoms with Gasteiger partial charge in [-0.05, 0) is 52.9 Å². The average molecular weight is 292 g/mol. The van der Waals surface area contributed by atoms with E-state index in [4.69, 9.17) is 5.73 Å². The van der Waals surface area contributed by atoms with Gasteiger partial charge in [-0.25, -0.2) is 4.98 Å². The molecule has 0 spiro atoms. The van der Waals surface area contributed by atoms with Crippen LogP contribution in [0.25, 0.3) is 5.69 Å². The topological polar surface area (TPSA) is 43.8 Å². The predicted molar refractivity (Wildman–Crippen MR) is 71.1 cm³/mol. The second-order valence-corrected chi connectivity index (χ2v) is 5.65. The lowest BCUT2D eigenvalue weighted by molar-refractivity contribution is 0.672. The summed E-state index contributed by atoms with van der Waals surface area (Å²) >= 11 is 3.61. The van der Waals surface area contributed by atoms with Crippen LogP contribution in [0.2, 0.25) is 0 Å². The first-order valence-corrected chi connectivity index (χ1v) is 6.51. The third-order valence-electron chi connectivity index (χ3n) is 3.24. The van der Waals surface area contributed by atoms with Gasteiger partial charge in [0.2, 0.25) is 0 Å². The van der Waals surface area contributed by atoms with E-state index in [1.54, 1.807) is 12.5 Å². The summed E-state index contributed by atoms with van der Waals surface area (Å²) in [5, 5.41) is 0. The lowest BCUT2D eigenvalue weighted by Crippen LogP contribution is -2.24. The van der Waals surface area contributed by atoms with Crippen LogP contribution in [0.1, 0.15) is 18.4 Å². The molecule has 88 valence electrons. The summed E-state index contributed by atoms with van der Waals surface area (Å²) in [6.45, 7) is 0. The summed E-state index contributed by atoms with van der Waals surface area (Å²) in [4.78, 5) is 4.05. The van der Waals surface area contributed by atoms with Gasteiger partial charge in [0.25, 0.3) is 0 Å². The number of halogens is 1. The summed E-state index contributed by atoms with van der Waals surface area (Å²) in [6.07, 6.45) is 8.77. The number of nitrogens with two attached hydrogens (primary N) is 1. The maximum Gasteiger partial charge on any atom is 0.0992 e. The minimum Gasteiger partial charge on any atom is -0.325 e. The zero-order chi connectivity index (χ0) is 11.9. The fraction of sp³-hybridized carbons (Fsp3) is 0.308. The van der Waals surface area contributed by atoms with Crippen LogP contribution in [0.15, 0.2) is 41.4 Å². The van der Waals surface area contributed by atoms with Gasteiger partial charge in [-0.15, -0.1) is 0 Å². The second kappa shape index (κ2) is 3.96. The average Bonchev–Trinajstić information content (AvgIpc) is 2.81. The monoisotopic (exact) mass is 291 g/mol. The smallest absolute Gasteiger partial charge is 0.0992 e. The van der Waals surface area contributed by atoms with Crippen LogP contribution < -0.4 is 5.73 Å². The lowest BCUT2D eigenvalue weighted by Gasteiger charge is -2.11. The van der Waals surface area contributed by atoms with Crippen molar-refractivity contribution >= 4 is 15.9 Å². The second-order valence-electron chi connectivity index (χ2n) is 4.79. The number of nitrogens with zero attached hydrogens (tertiary/aromatic N) is 2. The van der Waals surface area contributed by atoms with E-state index in [1.807, 2.05) is 10.8 Å². The third kappa shape index (κ3) is 2.28. The van der Waals surface area contributed by atoms with Crippen molar-refractivity contribution in [2.24, 2.45) is 5.73 Å². The molecule has 2 aromatic rings. The summed E-state index contributed by atoms with van der Waals surface area (Å²) in [5.41, 5.74) is 8.59. The number of rotatable bonds is 3. The van der Waals surface area contributed by atoms with Crippen LogP contribution in [0.3, 0.4) is 0 Å². The van der Waals surface area contributed by atoms with Crippen LogP contribution in [0.4, 0.5) is 0 Å². The van der Waals surface area contributed by atoms with E-state index in [0.29, 0.717) is 0 Å². The van der Waals surface area contributed by atoms with Crippen LogP contribution in [-0.2, 0) is 6.42 Å². The molecule has 0 unspecified atom stereocenters. The Bertz CT molecular complexity index is 530. The Morgan fingerprint density at radius 2 is 2.24 bits per heavy atom. The fourth-order valence-electron chi connectivity index (χ4n) is 2.02. The minimum atomic E-state index is 0.0654. The molecule has 3 rings (SSSR count). The van der Waals surface area contributed by atoms with E-state index < -0.39 is 0 Å². The molecule has 0 aliphatic heterocycles. The summed E-state index contributed by atoms with van der Waals surface area (Å²) in [5.74, 6) is 0. The van der Waals surface area contributed by atoms with E-state index in [-0.39, 0.29) is 5.54 Å². The summed E-state index contributed by atoms with van der Waals surface area (Å²) in [6, 6.07) is 6.40. The van der Waals surface area contributed by atoms with Crippen LogP contribution >= 0.6 is 15.9 Å². The van der Waals surface area contributed by atoms with E-state index in [9.17, 15) is 0 Å². The fourth-order valence-corrected chi connectivity index (χ4v) is 2.65. The largest absolute Gasteiger partial charge is 0.325 e. The molecule has 0 bridgehead atoms. The third-order valence-corrected chi connectivity index (χ3v) is 3.88. The SMILES string of the molecule is NC1(Cc2ccc(-n3ccnc3)c(Br)c2)CC1. The zero-order valence-electron chi connectivity index (χ0n) is 9.44. The quantitative estimate of drug-likeness (QED) is 0.945. The highest BCUT2D eigenvalue weighted by atomic mass is 79.9. The van der Waals surface area contributed by atoms with E-state index >= 15 is 0 Å². The van der Waals surface area contributed by atoms with Crippen LogP contribution in [0.5, 0.6) is 0 Å². The molecular formula is C13H14BrN3. The molecule has 0 amide bonds. The highest BCUT2D eigenvalue weighted by Gasteiger charge is 2.37. The van der Waals surface area contributed by atoms with Crippen molar-refractivity contribution in [1.29, 1.82) is 0 Å². The Kier molecular flexibility index (Phi) is 2.56. The molecule has 1 saturated carbocycles. The molecule has 1 aromatic carbocycles. The van der Waals surface area contributed by atoms with Crippen molar-refractivity contribution in [3.63, 3.8) is 0 Å². The molecule has 0 atom stereocenters. The van der Waals surface area contributed by atoms with Gasteiger partial charge in [0.15, 0.2) is 0 Å². The Balaban J connectivity index is 1.89. The van der Waals surface area contributed by atoms with Crippen molar-refractivity contribution in [1.82, 2.24) is 9.55 Å². The number of benzene rings is 1. The van der Waals surface area contributed by atoms with Crippen molar-refractivity contribution in [3.05, 3.63) is 47.0 Å². The predicted octanol–water partition coefficient (Wildman–Crippen LogP) is 2.67. The molecule has 1 aliphatic rings. The molecular weight excluding hydrogens is 278 g/mol. The molecule has 1 heterocycles. The number of aromatic nitrogens is 2. The van der Waals surface area contributed by atoms with Crippen molar-refractivity contribution in [3.8, 4) is 5.69 Å². The normalized spacial score (nSPS) is 17.1. The van der Waals surface area contributed by atoms with Crippen LogP contribution in [0, 0.1) is 0 Å². The van der Waals surface area contributed by atoms with E-state index in [1.165, 1.54) is 5.56 Å². The maximum atomic E-state index is 6.13. The Labute approximate surface area is 109 Å². The Morgan fingerprint density at radius 1 is 1.41 bits per heavy atom. The Hall–Kier alpha value is -1.13. The van der Waals surface area contributed by atoms with Crippen molar-refractivity contribution < 1.29 is 0 Å². The molecule has 2 N–H and O–H groups in total. The minimum absolute atomic E-state index is 0.0654. The number of hydrogen-bond donors (Lipinski definition) is 1. The van der Waals surface area contributed by atoms with Gasteiger partial charge in [-0.1, -0.05) is 6.07 Å². The first-order valence-electron chi connectivity index (χ1n) is 5.72. The molecule has 3 nitrogen and oxygen atoms in total. The number of hydrogen-bond acceptors (Lipinski definition) is 2. The molecule has 1 aromatic heterocycles. The molecule has 0 saturated heterocycles. The standard InChI is InChI=1S/C13H14BrN3/c14-11-7-10(8-13(15)3-4-13)1-2-12(11)17-6-5-16-9-17/h1-2,5-7,9H,3-4,8,15H2. The van der Waals surface area contributed by atoms with Crippen molar-refractivity contribution in [2.45, 2.75) is 24.8 Å². The first-order chi connectivity index (χ1) is 8.16. The first kappa shape index (κ1) is 11.0.